The Morgan fingerprint density at radius 2 is 1.59 bits per heavy atom. The van der Waals surface area contributed by atoms with Gasteiger partial charge in [-0.2, -0.15) is 0 Å². The van der Waals surface area contributed by atoms with Gasteiger partial charge in [0.2, 0.25) is 0 Å². The Kier molecular flexibility index (Phi) is 5.61. The lowest BCUT2D eigenvalue weighted by Gasteiger charge is -2.59. The summed E-state index contributed by atoms with van der Waals surface area (Å²) in [4.78, 5) is 0. The van der Waals surface area contributed by atoms with Gasteiger partial charge in [-0.1, -0.05) is 20.3 Å². The first kappa shape index (κ1) is 20.1. The van der Waals surface area contributed by atoms with E-state index in [4.69, 9.17) is 4.74 Å². The molecule has 4 heteroatoms. The van der Waals surface area contributed by atoms with Crippen LogP contribution in [-0.2, 0) is 4.74 Å². The lowest BCUT2D eigenvalue weighted by molar-refractivity contribution is -0.325. The average molecular weight is 385 g/mol. The van der Waals surface area contributed by atoms with Crippen LogP contribution < -0.4 is 0 Å². The standard InChI is InChI=1S/C23H38F2O2/c1-3-10-22-11-13-23(14-12-22,27-21(22)26)17-7-5-16(6-8-17)18-9-4-15(2)19(24)20(18)25/h15-21,26H,3-14H2,1-2H3. The number of hydrogen-bond acceptors (Lipinski definition) is 2. The molecule has 1 N–H and O–H groups in total. The van der Waals surface area contributed by atoms with Crippen LogP contribution in [0.4, 0.5) is 8.78 Å². The molecule has 0 aromatic heterocycles. The van der Waals surface area contributed by atoms with Gasteiger partial charge in [0.25, 0.3) is 0 Å². The summed E-state index contributed by atoms with van der Waals surface area (Å²) in [5.74, 6) is 0.588. The molecule has 3 aliphatic carbocycles. The number of aliphatic hydroxyl groups excluding tert-OH is 1. The molecular weight excluding hydrogens is 346 g/mol. The van der Waals surface area contributed by atoms with Gasteiger partial charge in [0.1, 0.15) is 12.3 Å². The zero-order chi connectivity index (χ0) is 19.2. The first-order valence-corrected chi connectivity index (χ1v) is 11.5. The third-order valence-corrected chi connectivity index (χ3v) is 9.04. The molecule has 2 saturated heterocycles. The second-order valence-electron chi connectivity index (χ2n) is 10.4. The number of alkyl halides is 2. The molecule has 27 heavy (non-hydrogen) atoms. The summed E-state index contributed by atoms with van der Waals surface area (Å²) in [5.41, 5.74) is -0.164. The maximum absolute atomic E-state index is 14.6. The van der Waals surface area contributed by atoms with E-state index in [1.165, 1.54) is 0 Å². The summed E-state index contributed by atoms with van der Waals surface area (Å²) >= 11 is 0. The van der Waals surface area contributed by atoms with Crippen molar-refractivity contribution < 1.29 is 18.6 Å². The smallest absolute Gasteiger partial charge is 0.160 e. The van der Waals surface area contributed by atoms with Crippen LogP contribution in [0.2, 0.25) is 0 Å². The Labute approximate surface area is 163 Å². The molecule has 2 nitrogen and oxygen atoms in total. The lowest BCUT2D eigenvalue weighted by Crippen LogP contribution is -2.60. The fraction of sp³-hybridized carbons (Fsp3) is 1.00. The molecule has 0 aromatic rings. The summed E-state index contributed by atoms with van der Waals surface area (Å²) in [6.45, 7) is 4.03. The van der Waals surface area contributed by atoms with Crippen molar-refractivity contribution in [3.63, 3.8) is 0 Å². The minimum atomic E-state index is -1.28. The molecule has 0 spiro atoms. The topological polar surface area (TPSA) is 29.5 Å². The number of hydrogen-bond donors (Lipinski definition) is 1. The average Bonchev–Trinajstić information content (AvgIpc) is 2.68. The van der Waals surface area contributed by atoms with Gasteiger partial charge in [-0.15, -0.1) is 0 Å². The zero-order valence-electron chi connectivity index (χ0n) is 17.1. The van der Waals surface area contributed by atoms with E-state index in [2.05, 4.69) is 6.92 Å². The number of rotatable bonds is 4. The first-order valence-electron chi connectivity index (χ1n) is 11.5. The minimum Gasteiger partial charge on any atom is -0.367 e. The fourth-order valence-corrected chi connectivity index (χ4v) is 7.15. The van der Waals surface area contributed by atoms with Gasteiger partial charge in [-0.05, 0) is 94.3 Å². The van der Waals surface area contributed by atoms with Crippen LogP contribution in [0, 0.1) is 29.1 Å². The second kappa shape index (κ2) is 7.55. The molecule has 0 aromatic carbocycles. The summed E-state index contributed by atoms with van der Waals surface area (Å²) in [7, 11) is 0. The number of ether oxygens (including phenoxy) is 1. The first-order chi connectivity index (χ1) is 12.9. The van der Waals surface area contributed by atoms with Crippen molar-refractivity contribution in [2.75, 3.05) is 0 Å². The normalized spacial score (nSPS) is 53.4. The molecule has 5 unspecified atom stereocenters. The molecule has 2 bridgehead atoms. The van der Waals surface area contributed by atoms with Crippen LogP contribution in [0.25, 0.3) is 0 Å². The number of aliphatic hydroxyl groups is 1. The molecule has 3 saturated carbocycles. The Balaban J connectivity index is 1.36. The maximum Gasteiger partial charge on any atom is 0.160 e. The molecule has 2 aliphatic heterocycles. The SMILES string of the molecule is CCCC12CCC(C3CCC(C4CCC(C)C(F)C4F)CC3)(CC1)OC2O. The van der Waals surface area contributed by atoms with E-state index < -0.39 is 18.6 Å². The molecule has 5 atom stereocenters. The van der Waals surface area contributed by atoms with Crippen molar-refractivity contribution in [3.05, 3.63) is 0 Å². The quantitative estimate of drug-likeness (QED) is 0.648. The van der Waals surface area contributed by atoms with Crippen LogP contribution in [0.3, 0.4) is 0 Å². The third kappa shape index (κ3) is 3.37. The molecule has 0 amide bonds. The van der Waals surface area contributed by atoms with Crippen LogP contribution >= 0.6 is 0 Å². The van der Waals surface area contributed by atoms with Gasteiger partial charge in [-0.3, -0.25) is 0 Å². The van der Waals surface area contributed by atoms with E-state index >= 15 is 0 Å². The molecule has 0 radical (unpaired) electrons. The summed E-state index contributed by atoms with van der Waals surface area (Å²) in [6, 6.07) is 0. The highest BCUT2D eigenvalue weighted by Gasteiger charge is 2.57. The maximum atomic E-state index is 14.6. The van der Waals surface area contributed by atoms with Gasteiger partial charge < -0.3 is 9.84 Å². The Bertz CT molecular complexity index is 509. The van der Waals surface area contributed by atoms with Crippen molar-refractivity contribution in [2.24, 2.45) is 29.1 Å². The molecular formula is C23H38F2O2. The zero-order valence-corrected chi connectivity index (χ0v) is 17.1. The predicted octanol–water partition coefficient (Wildman–Crippen LogP) is 5.96. The van der Waals surface area contributed by atoms with Crippen LogP contribution in [0.5, 0.6) is 0 Å². The van der Waals surface area contributed by atoms with Crippen molar-refractivity contribution in [1.82, 2.24) is 0 Å². The summed E-state index contributed by atoms with van der Waals surface area (Å²) in [6.07, 6.45) is 9.06. The van der Waals surface area contributed by atoms with E-state index in [1.54, 1.807) is 0 Å². The van der Waals surface area contributed by atoms with Crippen molar-refractivity contribution in [2.45, 2.75) is 115 Å². The number of halogens is 2. The fourth-order valence-electron chi connectivity index (χ4n) is 7.15. The molecule has 5 rings (SSSR count). The Morgan fingerprint density at radius 3 is 2.19 bits per heavy atom. The third-order valence-electron chi connectivity index (χ3n) is 9.04. The van der Waals surface area contributed by atoms with E-state index in [1.807, 2.05) is 6.92 Å². The highest BCUT2D eigenvalue weighted by molar-refractivity contribution is 5.05. The van der Waals surface area contributed by atoms with Crippen molar-refractivity contribution >= 4 is 0 Å². The van der Waals surface area contributed by atoms with Gasteiger partial charge in [0.05, 0.1) is 5.60 Å². The van der Waals surface area contributed by atoms with E-state index in [9.17, 15) is 13.9 Å². The number of fused-ring (bicyclic) bond motifs is 3. The molecule has 2 heterocycles. The van der Waals surface area contributed by atoms with E-state index in [-0.39, 0.29) is 22.9 Å². The molecule has 5 aliphatic rings. The molecule has 156 valence electrons. The minimum absolute atomic E-state index is 0.00984. The van der Waals surface area contributed by atoms with Gasteiger partial charge in [0.15, 0.2) is 6.29 Å². The van der Waals surface area contributed by atoms with Crippen LogP contribution in [0.15, 0.2) is 0 Å². The van der Waals surface area contributed by atoms with Crippen LogP contribution in [-0.4, -0.2) is 29.3 Å². The van der Waals surface area contributed by atoms with E-state index in [0.29, 0.717) is 11.8 Å². The lowest BCUT2D eigenvalue weighted by atomic mass is 9.57. The second-order valence-corrected chi connectivity index (χ2v) is 10.4. The largest absolute Gasteiger partial charge is 0.367 e. The van der Waals surface area contributed by atoms with Gasteiger partial charge >= 0.3 is 0 Å². The highest BCUT2D eigenvalue weighted by Crippen LogP contribution is 2.59. The van der Waals surface area contributed by atoms with Crippen LogP contribution in [0.1, 0.15) is 90.9 Å². The van der Waals surface area contributed by atoms with Crippen molar-refractivity contribution in [3.8, 4) is 0 Å². The predicted molar refractivity (Wildman–Crippen MR) is 103 cm³/mol. The van der Waals surface area contributed by atoms with Gasteiger partial charge in [0, 0.05) is 5.41 Å². The highest BCUT2D eigenvalue weighted by atomic mass is 19.2. The van der Waals surface area contributed by atoms with E-state index in [0.717, 1.165) is 77.0 Å². The van der Waals surface area contributed by atoms with Gasteiger partial charge in [-0.25, -0.2) is 8.78 Å². The Morgan fingerprint density at radius 1 is 0.926 bits per heavy atom. The summed E-state index contributed by atoms with van der Waals surface area (Å²) in [5, 5.41) is 10.7. The monoisotopic (exact) mass is 384 g/mol. The van der Waals surface area contributed by atoms with Crippen molar-refractivity contribution in [1.29, 1.82) is 0 Å². The Hall–Kier alpha value is -0.220. The molecule has 5 fully saturated rings. The summed E-state index contributed by atoms with van der Waals surface area (Å²) < 4.78 is 35.1.